The van der Waals surface area contributed by atoms with Crippen molar-refractivity contribution in [2.45, 2.75) is 18.7 Å². The van der Waals surface area contributed by atoms with Crippen molar-refractivity contribution >= 4 is 31.9 Å². The van der Waals surface area contributed by atoms with Gasteiger partial charge in [0.15, 0.2) is 0 Å². The predicted molar refractivity (Wildman–Crippen MR) is 56.2 cm³/mol. The predicted octanol–water partition coefficient (Wildman–Crippen LogP) is 4.35. The zero-order valence-electron chi connectivity index (χ0n) is 6.87. The molecule has 0 aliphatic carbocycles. The molecule has 0 N–H and O–H groups in total. The van der Waals surface area contributed by atoms with Crippen LogP contribution >= 0.6 is 31.9 Å². The maximum absolute atomic E-state index is 13.5. The Morgan fingerprint density at radius 3 is 2.50 bits per heavy atom. The molecule has 66 valence electrons. The van der Waals surface area contributed by atoms with Crippen LogP contribution in [0.1, 0.15) is 22.9 Å². The molecule has 0 fully saturated rings. The van der Waals surface area contributed by atoms with E-state index in [1.165, 1.54) is 0 Å². The topological polar surface area (TPSA) is 0 Å². The van der Waals surface area contributed by atoms with Crippen molar-refractivity contribution in [3.63, 3.8) is 0 Å². The zero-order valence-corrected chi connectivity index (χ0v) is 10.0. The van der Waals surface area contributed by atoms with Crippen LogP contribution in [0, 0.1) is 12.7 Å². The van der Waals surface area contributed by atoms with Crippen LogP contribution in [0.4, 0.5) is 4.39 Å². The van der Waals surface area contributed by atoms with Gasteiger partial charge in [-0.05, 0) is 25.5 Å². The van der Waals surface area contributed by atoms with Gasteiger partial charge in [-0.25, -0.2) is 4.39 Å². The Labute approximate surface area is 88.4 Å². The Hall–Kier alpha value is 0.110. The molecule has 0 aromatic heterocycles. The first-order chi connectivity index (χ1) is 5.54. The Balaban J connectivity index is 3.27. The van der Waals surface area contributed by atoms with Crippen molar-refractivity contribution in [3.05, 3.63) is 33.5 Å². The number of benzene rings is 1. The second-order valence-corrected chi connectivity index (χ2v) is 4.92. The van der Waals surface area contributed by atoms with Crippen LogP contribution in [0.5, 0.6) is 0 Å². The molecule has 1 rings (SSSR count). The molecule has 12 heavy (non-hydrogen) atoms. The Kier molecular flexibility index (Phi) is 3.29. The second-order valence-electron chi connectivity index (χ2n) is 2.69. The molecule has 0 saturated heterocycles. The molecule has 0 radical (unpaired) electrons. The van der Waals surface area contributed by atoms with Gasteiger partial charge in [0.05, 0.1) is 0 Å². The standard InChI is InChI=1S/C9H9Br2F/c1-5-8(11)4-3-7(6(2)10)9(5)12/h3-4,6H,1-2H3. The number of halogens is 3. The summed E-state index contributed by atoms with van der Waals surface area (Å²) in [6.45, 7) is 3.67. The minimum atomic E-state index is -0.131. The van der Waals surface area contributed by atoms with Gasteiger partial charge in [-0.2, -0.15) is 0 Å². The fourth-order valence-electron chi connectivity index (χ4n) is 0.990. The van der Waals surface area contributed by atoms with Crippen molar-refractivity contribution in [1.29, 1.82) is 0 Å². The van der Waals surface area contributed by atoms with Gasteiger partial charge in [0, 0.05) is 14.9 Å². The quantitative estimate of drug-likeness (QED) is 0.676. The first-order valence-electron chi connectivity index (χ1n) is 3.62. The fraction of sp³-hybridized carbons (Fsp3) is 0.333. The maximum atomic E-state index is 13.5. The van der Waals surface area contributed by atoms with Crippen molar-refractivity contribution in [1.82, 2.24) is 0 Å². The summed E-state index contributed by atoms with van der Waals surface area (Å²) < 4.78 is 14.3. The van der Waals surface area contributed by atoms with Crippen LogP contribution in [0.2, 0.25) is 0 Å². The van der Waals surface area contributed by atoms with Crippen molar-refractivity contribution in [3.8, 4) is 0 Å². The van der Waals surface area contributed by atoms with Gasteiger partial charge in [0.2, 0.25) is 0 Å². The van der Waals surface area contributed by atoms with Crippen LogP contribution in [0.15, 0.2) is 16.6 Å². The number of alkyl halides is 1. The fourth-order valence-corrected chi connectivity index (χ4v) is 1.65. The van der Waals surface area contributed by atoms with Gasteiger partial charge in [0.1, 0.15) is 5.82 Å². The van der Waals surface area contributed by atoms with Crippen molar-refractivity contribution in [2.75, 3.05) is 0 Å². The summed E-state index contributed by atoms with van der Waals surface area (Å²) in [7, 11) is 0. The lowest BCUT2D eigenvalue weighted by Gasteiger charge is -2.08. The van der Waals surface area contributed by atoms with E-state index in [2.05, 4.69) is 31.9 Å². The van der Waals surface area contributed by atoms with Crippen LogP contribution < -0.4 is 0 Å². The molecule has 0 spiro atoms. The van der Waals surface area contributed by atoms with E-state index in [1.807, 2.05) is 13.0 Å². The summed E-state index contributed by atoms with van der Waals surface area (Å²) in [5, 5.41) is 0. The largest absolute Gasteiger partial charge is 0.206 e. The van der Waals surface area contributed by atoms with Crippen LogP contribution in [-0.2, 0) is 0 Å². The summed E-state index contributed by atoms with van der Waals surface area (Å²) >= 11 is 6.61. The minimum absolute atomic E-state index is 0.0595. The average Bonchev–Trinajstić information content (AvgIpc) is 2.00. The second kappa shape index (κ2) is 3.88. The molecular formula is C9H9Br2F. The van der Waals surface area contributed by atoms with Gasteiger partial charge in [-0.3, -0.25) is 0 Å². The van der Waals surface area contributed by atoms with Gasteiger partial charge < -0.3 is 0 Å². The van der Waals surface area contributed by atoms with E-state index >= 15 is 0 Å². The number of hydrogen-bond acceptors (Lipinski definition) is 0. The molecule has 3 heteroatoms. The highest BCUT2D eigenvalue weighted by molar-refractivity contribution is 9.10. The highest BCUT2D eigenvalue weighted by Gasteiger charge is 2.11. The van der Waals surface area contributed by atoms with Crippen molar-refractivity contribution < 1.29 is 4.39 Å². The lowest BCUT2D eigenvalue weighted by atomic mass is 10.1. The molecule has 1 aromatic rings. The van der Waals surface area contributed by atoms with Crippen LogP contribution in [-0.4, -0.2) is 0 Å². The third-order valence-corrected chi connectivity index (χ3v) is 3.13. The molecule has 1 unspecified atom stereocenters. The Bertz CT molecular complexity index is 295. The van der Waals surface area contributed by atoms with Crippen LogP contribution in [0.25, 0.3) is 0 Å². The monoisotopic (exact) mass is 294 g/mol. The lowest BCUT2D eigenvalue weighted by Crippen LogP contribution is -1.94. The first-order valence-corrected chi connectivity index (χ1v) is 5.33. The van der Waals surface area contributed by atoms with Crippen LogP contribution in [0.3, 0.4) is 0 Å². The normalized spacial score (nSPS) is 13.1. The minimum Gasteiger partial charge on any atom is -0.206 e. The zero-order chi connectivity index (χ0) is 9.30. The molecular weight excluding hydrogens is 287 g/mol. The molecule has 0 saturated carbocycles. The summed E-state index contributed by atoms with van der Waals surface area (Å²) in [5.41, 5.74) is 1.37. The number of rotatable bonds is 1. The average molecular weight is 296 g/mol. The lowest BCUT2D eigenvalue weighted by molar-refractivity contribution is 0.601. The molecule has 1 aromatic carbocycles. The molecule has 0 amide bonds. The maximum Gasteiger partial charge on any atom is 0.131 e. The highest BCUT2D eigenvalue weighted by Crippen LogP contribution is 2.29. The highest BCUT2D eigenvalue weighted by atomic mass is 79.9. The Morgan fingerprint density at radius 2 is 2.00 bits per heavy atom. The molecule has 0 heterocycles. The first kappa shape index (κ1) is 10.2. The van der Waals surface area contributed by atoms with E-state index in [4.69, 9.17) is 0 Å². The summed E-state index contributed by atoms with van der Waals surface area (Å²) in [5.74, 6) is -0.131. The summed E-state index contributed by atoms with van der Waals surface area (Å²) in [4.78, 5) is 0.0595. The van der Waals surface area contributed by atoms with E-state index in [0.29, 0.717) is 11.1 Å². The van der Waals surface area contributed by atoms with Crippen molar-refractivity contribution in [2.24, 2.45) is 0 Å². The molecule has 0 aliphatic rings. The Morgan fingerprint density at radius 1 is 1.42 bits per heavy atom. The summed E-state index contributed by atoms with van der Waals surface area (Å²) in [6, 6.07) is 3.65. The third-order valence-electron chi connectivity index (χ3n) is 1.78. The van der Waals surface area contributed by atoms with Gasteiger partial charge in [-0.15, -0.1) is 0 Å². The molecule has 1 atom stereocenters. The van der Waals surface area contributed by atoms with E-state index in [0.717, 1.165) is 4.47 Å². The van der Waals surface area contributed by atoms with E-state index in [9.17, 15) is 4.39 Å². The van der Waals surface area contributed by atoms with E-state index in [-0.39, 0.29) is 10.6 Å². The molecule has 0 nitrogen and oxygen atoms in total. The third kappa shape index (κ3) is 1.88. The SMILES string of the molecule is Cc1c(Br)ccc(C(C)Br)c1F. The molecule has 0 bridgehead atoms. The number of hydrogen-bond donors (Lipinski definition) is 0. The van der Waals surface area contributed by atoms with Gasteiger partial charge in [-0.1, -0.05) is 37.9 Å². The van der Waals surface area contributed by atoms with Gasteiger partial charge >= 0.3 is 0 Å². The van der Waals surface area contributed by atoms with E-state index < -0.39 is 0 Å². The summed E-state index contributed by atoms with van der Waals surface area (Å²) in [6.07, 6.45) is 0. The molecule has 0 aliphatic heterocycles. The van der Waals surface area contributed by atoms with Gasteiger partial charge in [0.25, 0.3) is 0 Å². The smallest absolute Gasteiger partial charge is 0.131 e. The van der Waals surface area contributed by atoms with E-state index in [1.54, 1.807) is 13.0 Å².